The molecule has 1 fully saturated rings. The van der Waals surface area contributed by atoms with Gasteiger partial charge in [-0.15, -0.1) is 0 Å². The quantitative estimate of drug-likeness (QED) is 0.868. The molecule has 0 amide bonds. The number of carbonyl (C=O) groups is 1. The van der Waals surface area contributed by atoms with Crippen LogP contribution < -0.4 is 10.1 Å². The van der Waals surface area contributed by atoms with Crippen molar-refractivity contribution in [2.45, 2.75) is 39.2 Å². The Hall–Kier alpha value is -1.35. The van der Waals surface area contributed by atoms with Crippen LogP contribution in [0.1, 0.15) is 30.4 Å². The molecule has 0 spiro atoms. The van der Waals surface area contributed by atoms with E-state index in [1.807, 2.05) is 32.0 Å². The van der Waals surface area contributed by atoms with Gasteiger partial charge in [-0.3, -0.25) is 4.79 Å². The molecule has 98 valence electrons. The van der Waals surface area contributed by atoms with Gasteiger partial charge in [0.1, 0.15) is 5.75 Å². The van der Waals surface area contributed by atoms with Crippen LogP contribution in [0.2, 0.25) is 0 Å². The van der Waals surface area contributed by atoms with Crippen LogP contribution in [0.25, 0.3) is 0 Å². The van der Waals surface area contributed by atoms with E-state index in [1.165, 1.54) is 0 Å². The summed E-state index contributed by atoms with van der Waals surface area (Å²) in [6, 6.07) is 6.14. The first-order chi connectivity index (χ1) is 8.68. The molecule has 0 saturated carbocycles. The lowest BCUT2D eigenvalue weighted by Gasteiger charge is -2.13. The summed E-state index contributed by atoms with van der Waals surface area (Å²) in [6.45, 7) is 5.50. The van der Waals surface area contributed by atoms with Gasteiger partial charge in [0.2, 0.25) is 0 Å². The van der Waals surface area contributed by atoms with Crippen LogP contribution in [0.4, 0.5) is 0 Å². The van der Waals surface area contributed by atoms with Crippen molar-refractivity contribution in [3.05, 3.63) is 29.3 Å². The van der Waals surface area contributed by atoms with Crippen molar-refractivity contribution < 1.29 is 9.53 Å². The molecule has 1 atom stereocenters. The molecule has 3 nitrogen and oxygen atoms in total. The highest BCUT2D eigenvalue weighted by Crippen LogP contribution is 2.22. The van der Waals surface area contributed by atoms with Crippen molar-refractivity contribution in [1.29, 1.82) is 0 Å². The van der Waals surface area contributed by atoms with Gasteiger partial charge in [0, 0.05) is 6.42 Å². The number of para-hydroxylation sites is 1. The fraction of sp³-hybridized carbons (Fsp3) is 0.533. The van der Waals surface area contributed by atoms with E-state index in [0.29, 0.717) is 13.0 Å². The van der Waals surface area contributed by atoms with E-state index in [0.717, 1.165) is 36.3 Å². The van der Waals surface area contributed by atoms with Gasteiger partial charge in [0.15, 0.2) is 5.78 Å². The molecule has 1 heterocycles. The van der Waals surface area contributed by atoms with Crippen LogP contribution in [-0.2, 0) is 4.79 Å². The maximum absolute atomic E-state index is 11.9. The molecule has 1 unspecified atom stereocenters. The first kappa shape index (κ1) is 13.1. The van der Waals surface area contributed by atoms with Crippen molar-refractivity contribution in [2.24, 2.45) is 0 Å². The number of aryl methyl sites for hydroxylation is 2. The minimum atomic E-state index is 0.0616. The Morgan fingerprint density at radius 2 is 2.11 bits per heavy atom. The molecule has 1 saturated heterocycles. The molecule has 1 aliphatic heterocycles. The molecule has 1 aromatic rings. The van der Waals surface area contributed by atoms with Crippen LogP contribution in [-0.4, -0.2) is 25.0 Å². The number of ether oxygens (including phenoxy) is 1. The number of Topliss-reactive ketones (excluding diaryl/α,β-unsaturated/α-hetero) is 1. The van der Waals surface area contributed by atoms with Gasteiger partial charge in [-0.1, -0.05) is 18.2 Å². The van der Waals surface area contributed by atoms with E-state index in [2.05, 4.69) is 5.32 Å². The zero-order valence-corrected chi connectivity index (χ0v) is 11.2. The van der Waals surface area contributed by atoms with Gasteiger partial charge >= 0.3 is 0 Å². The Labute approximate surface area is 109 Å². The minimum absolute atomic E-state index is 0.0616. The summed E-state index contributed by atoms with van der Waals surface area (Å²) in [5.74, 6) is 1.20. The Morgan fingerprint density at radius 1 is 1.39 bits per heavy atom. The van der Waals surface area contributed by atoms with Crippen LogP contribution >= 0.6 is 0 Å². The van der Waals surface area contributed by atoms with E-state index in [4.69, 9.17) is 4.74 Å². The van der Waals surface area contributed by atoms with E-state index >= 15 is 0 Å². The van der Waals surface area contributed by atoms with E-state index < -0.39 is 0 Å². The predicted molar refractivity (Wildman–Crippen MR) is 72.1 cm³/mol. The van der Waals surface area contributed by atoms with Crippen molar-refractivity contribution >= 4 is 5.78 Å². The molecule has 0 bridgehead atoms. The average molecular weight is 247 g/mol. The molecule has 0 aromatic heterocycles. The monoisotopic (exact) mass is 247 g/mol. The summed E-state index contributed by atoms with van der Waals surface area (Å²) < 4.78 is 5.75. The summed E-state index contributed by atoms with van der Waals surface area (Å²) in [7, 11) is 0. The topological polar surface area (TPSA) is 38.3 Å². The molecular weight excluding hydrogens is 226 g/mol. The van der Waals surface area contributed by atoms with Crippen LogP contribution in [0.5, 0.6) is 5.75 Å². The summed E-state index contributed by atoms with van der Waals surface area (Å²) >= 11 is 0. The number of hydrogen-bond acceptors (Lipinski definition) is 3. The maximum Gasteiger partial charge on any atom is 0.153 e. The highest BCUT2D eigenvalue weighted by Gasteiger charge is 2.21. The molecule has 2 rings (SSSR count). The van der Waals surface area contributed by atoms with Gasteiger partial charge in [-0.05, 0) is 44.4 Å². The first-order valence-electron chi connectivity index (χ1n) is 6.63. The summed E-state index contributed by atoms with van der Waals surface area (Å²) in [4.78, 5) is 11.9. The van der Waals surface area contributed by atoms with Gasteiger partial charge in [-0.2, -0.15) is 0 Å². The third kappa shape index (κ3) is 3.10. The number of benzene rings is 1. The molecule has 0 radical (unpaired) electrons. The van der Waals surface area contributed by atoms with E-state index in [1.54, 1.807) is 0 Å². The fourth-order valence-electron chi connectivity index (χ4n) is 2.41. The SMILES string of the molecule is Cc1cccc(C)c1OCCC(=O)C1CCCN1. The highest BCUT2D eigenvalue weighted by molar-refractivity contribution is 5.84. The summed E-state index contributed by atoms with van der Waals surface area (Å²) in [5, 5.41) is 3.22. The van der Waals surface area contributed by atoms with Gasteiger partial charge in [0.05, 0.1) is 12.6 Å². The number of rotatable bonds is 5. The number of ketones is 1. The zero-order chi connectivity index (χ0) is 13.0. The molecule has 18 heavy (non-hydrogen) atoms. The van der Waals surface area contributed by atoms with Crippen LogP contribution in [0.3, 0.4) is 0 Å². The Balaban J connectivity index is 1.83. The average Bonchev–Trinajstić information content (AvgIpc) is 2.86. The second-order valence-electron chi connectivity index (χ2n) is 4.93. The van der Waals surface area contributed by atoms with Gasteiger partial charge in [0.25, 0.3) is 0 Å². The Morgan fingerprint density at radius 3 is 2.72 bits per heavy atom. The second kappa shape index (κ2) is 6.01. The lowest BCUT2D eigenvalue weighted by Crippen LogP contribution is -2.31. The third-order valence-corrected chi connectivity index (χ3v) is 3.45. The fourth-order valence-corrected chi connectivity index (χ4v) is 2.41. The summed E-state index contributed by atoms with van der Waals surface area (Å²) in [5.41, 5.74) is 2.25. The number of hydrogen-bond donors (Lipinski definition) is 1. The zero-order valence-electron chi connectivity index (χ0n) is 11.2. The molecule has 0 aliphatic carbocycles. The van der Waals surface area contributed by atoms with Crippen molar-refractivity contribution in [3.63, 3.8) is 0 Å². The van der Waals surface area contributed by atoms with Crippen molar-refractivity contribution in [1.82, 2.24) is 5.32 Å². The van der Waals surface area contributed by atoms with E-state index in [-0.39, 0.29) is 11.8 Å². The smallest absolute Gasteiger partial charge is 0.153 e. The van der Waals surface area contributed by atoms with Gasteiger partial charge < -0.3 is 10.1 Å². The number of nitrogens with one attached hydrogen (secondary N) is 1. The molecule has 1 N–H and O–H groups in total. The standard InChI is InChI=1S/C15H21NO2/c1-11-5-3-6-12(2)15(11)18-10-8-14(17)13-7-4-9-16-13/h3,5-6,13,16H,4,7-10H2,1-2H3. The second-order valence-corrected chi connectivity index (χ2v) is 4.93. The minimum Gasteiger partial charge on any atom is -0.493 e. The lowest BCUT2D eigenvalue weighted by molar-refractivity contribution is -0.121. The highest BCUT2D eigenvalue weighted by atomic mass is 16.5. The Kier molecular flexibility index (Phi) is 4.37. The Bertz CT molecular complexity index is 402. The number of carbonyl (C=O) groups excluding carboxylic acids is 1. The largest absolute Gasteiger partial charge is 0.493 e. The third-order valence-electron chi connectivity index (χ3n) is 3.45. The lowest BCUT2D eigenvalue weighted by atomic mass is 10.1. The molecule has 3 heteroatoms. The summed E-state index contributed by atoms with van der Waals surface area (Å²) in [6.07, 6.45) is 2.57. The van der Waals surface area contributed by atoms with Crippen LogP contribution in [0, 0.1) is 13.8 Å². The van der Waals surface area contributed by atoms with Crippen molar-refractivity contribution in [3.8, 4) is 5.75 Å². The first-order valence-corrected chi connectivity index (χ1v) is 6.63. The normalized spacial score (nSPS) is 18.9. The predicted octanol–water partition coefficient (Wildman–Crippen LogP) is 2.39. The molecule has 1 aromatic carbocycles. The molecular formula is C15H21NO2. The van der Waals surface area contributed by atoms with Gasteiger partial charge in [-0.25, -0.2) is 0 Å². The van der Waals surface area contributed by atoms with Crippen molar-refractivity contribution in [2.75, 3.05) is 13.2 Å². The van der Waals surface area contributed by atoms with E-state index in [9.17, 15) is 4.79 Å². The van der Waals surface area contributed by atoms with Crippen LogP contribution in [0.15, 0.2) is 18.2 Å². The maximum atomic E-state index is 11.9. The molecule has 1 aliphatic rings.